The second kappa shape index (κ2) is 10.1. The van der Waals surface area contributed by atoms with E-state index >= 15 is 0 Å². The maximum absolute atomic E-state index is 12.6. The minimum absolute atomic E-state index is 0.0312. The molecular weight excluding hydrogens is 396 g/mol. The van der Waals surface area contributed by atoms with Crippen molar-refractivity contribution in [1.82, 2.24) is 10.6 Å². The van der Waals surface area contributed by atoms with Crippen LogP contribution in [0, 0.1) is 0 Å². The van der Waals surface area contributed by atoms with Crippen LogP contribution in [0.4, 0.5) is 0 Å². The van der Waals surface area contributed by atoms with Gasteiger partial charge in [-0.15, -0.1) is 0 Å². The molecule has 0 spiro atoms. The van der Waals surface area contributed by atoms with Crippen LogP contribution in [-0.2, 0) is 17.8 Å². The van der Waals surface area contributed by atoms with Crippen LogP contribution in [0.1, 0.15) is 11.1 Å². The van der Waals surface area contributed by atoms with Crippen molar-refractivity contribution in [3.63, 3.8) is 0 Å². The summed E-state index contributed by atoms with van der Waals surface area (Å²) < 4.78 is 5.61. The average Bonchev–Trinajstić information content (AvgIpc) is 2.86. The largest absolute Gasteiger partial charge is 0.496 e. The molecule has 1 unspecified atom stereocenters. The summed E-state index contributed by atoms with van der Waals surface area (Å²) >= 11 is 0. The zero-order valence-corrected chi connectivity index (χ0v) is 18.5. The number of fused-ring (bicyclic) bond motifs is 1. The molecule has 4 aromatic carbocycles. The lowest BCUT2D eigenvalue weighted by Gasteiger charge is -2.20. The molecular formula is C28H28N2O2. The number of hydrogen-bond donors (Lipinski definition) is 2. The van der Waals surface area contributed by atoms with Crippen LogP contribution in [0.3, 0.4) is 0 Å². The molecule has 32 heavy (non-hydrogen) atoms. The summed E-state index contributed by atoms with van der Waals surface area (Å²) in [6.07, 6.45) is 0.599. The molecule has 0 saturated carbocycles. The topological polar surface area (TPSA) is 50.4 Å². The predicted molar refractivity (Wildman–Crippen MR) is 131 cm³/mol. The molecule has 0 aliphatic carbocycles. The molecule has 162 valence electrons. The van der Waals surface area contributed by atoms with Crippen molar-refractivity contribution in [3.05, 3.63) is 102 Å². The van der Waals surface area contributed by atoms with Gasteiger partial charge >= 0.3 is 0 Å². The van der Waals surface area contributed by atoms with Crippen LogP contribution in [0.2, 0.25) is 0 Å². The number of hydrogen-bond acceptors (Lipinski definition) is 3. The maximum Gasteiger partial charge on any atom is 0.237 e. The molecule has 4 heteroatoms. The molecule has 4 aromatic rings. The zero-order valence-electron chi connectivity index (χ0n) is 18.5. The quantitative estimate of drug-likeness (QED) is 0.420. The zero-order chi connectivity index (χ0) is 22.3. The molecule has 1 amide bonds. The first-order chi connectivity index (χ1) is 15.7. The monoisotopic (exact) mass is 424 g/mol. The molecule has 0 saturated heterocycles. The number of carbonyl (C=O) groups excluding carboxylic acids is 1. The van der Waals surface area contributed by atoms with Crippen LogP contribution in [0.5, 0.6) is 5.75 Å². The van der Waals surface area contributed by atoms with E-state index in [4.69, 9.17) is 4.74 Å². The highest BCUT2D eigenvalue weighted by Gasteiger charge is 2.19. The van der Waals surface area contributed by atoms with Gasteiger partial charge in [0.05, 0.1) is 13.2 Å². The van der Waals surface area contributed by atoms with Gasteiger partial charge in [-0.05, 0) is 39.9 Å². The molecule has 2 N–H and O–H groups in total. The van der Waals surface area contributed by atoms with Gasteiger partial charge in [0, 0.05) is 19.2 Å². The number of nitrogens with one attached hydrogen (secondary N) is 2. The summed E-state index contributed by atoms with van der Waals surface area (Å²) in [6.45, 7) is 0.532. The van der Waals surface area contributed by atoms with Crippen LogP contribution < -0.4 is 15.4 Å². The number of likely N-dealkylation sites (N-methyl/N-ethyl adjacent to an activating group) is 1. The van der Waals surface area contributed by atoms with Crippen molar-refractivity contribution < 1.29 is 9.53 Å². The molecule has 0 fully saturated rings. The highest BCUT2D eigenvalue weighted by molar-refractivity contribution is 5.88. The van der Waals surface area contributed by atoms with Crippen molar-refractivity contribution in [2.45, 2.75) is 19.0 Å². The Labute approximate surface area is 189 Å². The van der Waals surface area contributed by atoms with Crippen LogP contribution >= 0.6 is 0 Å². The highest BCUT2D eigenvalue weighted by atomic mass is 16.5. The number of methoxy groups -OCH3 is 1. The molecule has 4 nitrogen and oxygen atoms in total. The summed E-state index contributed by atoms with van der Waals surface area (Å²) in [5.74, 6) is 0.787. The minimum atomic E-state index is -0.355. The fourth-order valence-electron chi connectivity index (χ4n) is 4.05. The van der Waals surface area contributed by atoms with Crippen LogP contribution in [-0.4, -0.2) is 26.1 Å². The second-order valence-corrected chi connectivity index (χ2v) is 7.78. The second-order valence-electron chi connectivity index (χ2n) is 7.78. The summed E-state index contributed by atoms with van der Waals surface area (Å²) in [4.78, 5) is 12.6. The van der Waals surface area contributed by atoms with E-state index < -0.39 is 0 Å². The molecule has 0 aliphatic heterocycles. The van der Waals surface area contributed by atoms with E-state index in [1.165, 1.54) is 11.1 Å². The van der Waals surface area contributed by atoms with Crippen LogP contribution in [0.25, 0.3) is 21.9 Å². The van der Waals surface area contributed by atoms with E-state index in [0.29, 0.717) is 13.0 Å². The Kier molecular flexibility index (Phi) is 6.83. The Balaban J connectivity index is 1.53. The SMILES string of the molecule is CNC(=O)C(Cc1ccc(-c2ccccc2)cc1)NCc1c(OC)ccc2ccccc12. The minimum Gasteiger partial charge on any atom is -0.496 e. The van der Waals surface area contributed by atoms with Gasteiger partial charge in [0.2, 0.25) is 5.91 Å². The molecule has 0 radical (unpaired) electrons. The molecule has 0 bridgehead atoms. The van der Waals surface area contributed by atoms with Crippen molar-refractivity contribution in [2.75, 3.05) is 14.2 Å². The first-order valence-electron chi connectivity index (χ1n) is 10.8. The van der Waals surface area contributed by atoms with Gasteiger partial charge in [-0.3, -0.25) is 4.79 Å². The average molecular weight is 425 g/mol. The van der Waals surface area contributed by atoms with E-state index in [1.54, 1.807) is 14.2 Å². The summed E-state index contributed by atoms with van der Waals surface area (Å²) in [5.41, 5.74) is 4.51. The number of carbonyl (C=O) groups is 1. The third kappa shape index (κ3) is 4.82. The van der Waals surface area contributed by atoms with E-state index in [0.717, 1.165) is 27.6 Å². The fourth-order valence-corrected chi connectivity index (χ4v) is 4.05. The first-order valence-corrected chi connectivity index (χ1v) is 10.8. The lowest BCUT2D eigenvalue weighted by molar-refractivity contribution is -0.122. The van der Waals surface area contributed by atoms with Gasteiger partial charge in [0.15, 0.2) is 0 Å². The van der Waals surface area contributed by atoms with E-state index in [2.05, 4.69) is 65.2 Å². The normalized spacial score (nSPS) is 11.8. The number of amides is 1. The Morgan fingerprint density at radius 2 is 1.53 bits per heavy atom. The molecule has 0 heterocycles. The lowest BCUT2D eigenvalue weighted by atomic mass is 9.99. The van der Waals surface area contributed by atoms with Crippen LogP contribution in [0.15, 0.2) is 91.0 Å². The van der Waals surface area contributed by atoms with Gasteiger partial charge in [-0.25, -0.2) is 0 Å². The maximum atomic E-state index is 12.6. The van der Waals surface area contributed by atoms with Crippen molar-refractivity contribution in [2.24, 2.45) is 0 Å². The Morgan fingerprint density at radius 3 is 2.25 bits per heavy atom. The van der Waals surface area contributed by atoms with Gasteiger partial charge in [-0.1, -0.05) is 84.9 Å². The third-order valence-electron chi connectivity index (χ3n) is 5.81. The predicted octanol–water partition coefficient (Wildman–Crippen LogP) is 4.96. The molecule has 0 aliphatic rings. The van der Waals surface area contributed by atoms with E-state index in [9.17, 15) is 4.79 Å². The van der Waals surface area contributed by atoms with E-state index in [1.807, 2.05) is 36.4 Å². The Hall–Kier alpha value is -3.63. The molecule has 0 aromatic heterocycles. The Morgan fingerprint density at radius 1 is 0.844 bits per heavy atom. The summed E-state index contributed by atoms with van der Waals surface area (Å²) in [5, 5.41) is 8.53. The van der Waals surface area contributed by atoms with Gasteiger partial charge in [0.25, 0.3) is 0 Å². The fraction of sp³-hybridized carbons (Fsp3) is 0.179. The van der Waals surface area contributed by atoms with Gasteiger partial charge in [0.1, 0.15) is 5.75 Å². The standard InChI is InChI=1S/C28H28N2O2/c1-29-28(31)26(18-20-12-14-22(15-13-20)21-8-4-3-5-9-21)30-19-25-24-11-7-6-10-23(24)16-17-27(25)32-2/h3-17,26,30H,18-19H2,1-2H3,(H,29,31). The number of benzene rings is 4. The summed E-state index contributed by atoms with van der Waals surface area (Å²) in [6, 6.07) is 30.6. The lowest BCUT2D eigenvalue weighted by Crippen LogP contribution is -2.44. The smallest absolute Gasteiger partial charge is 0.237 e. The van der Waals surface area contributed by atoms with Gasteiger partial charge in [-0.2, -0.15) is 0 Å². The van der Waals surface area contributed by atoms with Crippen molar-refractivity contribution in [3.8, 4) is 16.9 Å². The molecule has 1 atom stereocenters. The third-order valence-corrected chi connectivity index (χ3v) is 5.81. The molecule has 4 rings (SSSR count). The van der Waals surface area contributed by atoms with Gasteiger partial charge < -0.3 is 15.4 Å². The highest BCUT2D eigenvalue weighted by Crippen LogP contribution is 2.28. The first kappa shape index (κ1) is 21.6. The number of rotatable bonds is 8. The summed E-state index contributed by atoms with van der Waals surface area (Å²) in [7, 11) is 3.35. The Bertz CT molecular complexity index is 1190. The number of ether oxygens (including phenoxy) is 1. The van der Waals surface area contributed by atoms with Crippen molar-refractivity contribution >= 4 is 16.7 Å². The van der Waals surface area contributed by atoms with Crippen molar-refractivity contribution in [1.29, 1.82) is 0 Å². The van der Waals surface area contributed by atoms with E-state index in [-0.39, 0.29) is 11.9 Å².